The number of hydrogen-bond acceptors (Lipinski definition) is 1. The summed E-state index contributed by atoms with van der Waals surface area (Å²) >= 11 is 0. The second kappa shape index (κ2) is 8.42. The van der Waals surface area contributed by atoms with Crippen molar-refractivity contribution in [3.05, 3.63) is 133 Å². The molecular formula is C32H24N2. The molecule has 34 heavy (non-hydrogen) atoms. The normalized spacial score (nSPS) is 11.1. The molecule has 0 aliphatic carbocycles. The Balaban J connectivity index is 1.27. The molecule has 0 fully saturated rings. The van der Waals surface area contributed by atoms with E-state index >= 15 is 0 Å². The van der Waals surface area contributed by atoms with Crippen LogP contribution in [-0.4, -0.2) is 4.57 Å². The van der Waals surface area contributed by atoms with Gasteiger partial charge in [-0.05, 0) is 65.2 Å². The molecule has 6 rings (SSSR count). The fourth-order valence-corrected chi connectivity index (χ4v) is 4.62. The third-order valence-corrected chi connectivity index (χ3v) is 6.36. The van der Waals surface area contributed by atoms with Gasteiger partial charge in [-0.25, -0.2) is 0 Å². The second-order valence-corrected chi connectivity index (χ2v) is 8.45. The van der Waals surface area contributed by atoms with Crippen molar-refractivity contribution >= 4 is 39.3 Å². The van der Waals surface area contributed by atoms with Gasteiger partial charge in [0.2, 0.25) is 0 Å². The van der Waals surface area contributed by atoms with Crippen molar-refractivity contribution in [1.29, 1.82) is 0 Å². The minimum atomic E-state index is 1.06. The number of aromatic nitrogens is 1. The SMILES string of the molecule is C=Cc1ccc(-c2ccc(Nc3ccc(-n4c5ccccc5c5ccccc54)cc3)cc2)cc1. The maximum atomic E-state index is 3.82. The van der Waals surface area contributed by atoms with Gasteiger partial charge >= 0.3 is 0 Å². The zero-order valence-corrected chi connectivity index (χ0v) is 18.8. The fraction of sp³-hybridized carbons (Fsp3) is 0. The van der Waals surface area contributed by atoms with E-state index in [1.54, 1.807) is 0 Å². The molecule has 1 N–H and O–H groups in total. The van der Waals surface area contributed by atoms with Gasteiger partial charge in [-0.2, -0.15) is 0 Å². The summed E-state index contributed by atoms with van der Waals surface area (Å²) in [4.78, 5) is 0. The van der Waals surface area contributed by atoms with Crippen LogP contribution < -0.4 is 5.32 Å². The van der Waals surface area contributed by atoms with Crippen LogP contribution in [0.15, 0.2) is 128 Å². The first kappa shape index (κ1) is 20.1. The minimum Gasteiger partial charge on any atom is -0.356 e. The number of benzene rings is 5. The van der Waals surface area contributed by atoms with Gasteiger partial charge in [0.1, 0.15) is 0 Å². The first-order chi connectivity index (χ1) is 16.8. The molecule has 0 radical (unpaired) electrons. The summed E-state index contributed by atoms with van der Waals surface area (Å²) in [6.07, 6.45) is 1.86. The standard InChI is InChI=1S/C32H24N2/c1-2-23-11-13-24(14-12-23)25-15-17-26(18-16-25)33-27-19-21-28(22-20-27)34-31-9-5-3-7-29(31)30-8-4-6-10-32(30)34/h2-22,33H,1H2. The Morgan fingerprint density at radius 3 is 1.53 bits per heavy atom. The predicted molar refractivity (Wildman–Crippen MR) is 146 cm³/mol. The summed E-state index contributed by atoms with van der Waals surface area (Å²) in [5.41, 5.74) is 9.26. The molecule has 2 heteroatoms. The predicted octanol–water partition coefficient (Wildman–Crippen LogP) is 8.84. The molecule has 1 heterocycles. The first-order valence-electron chi connectivity index (χ1n) is 11.5. The second-order valence-electron chi connectivity index (χ2n) is 8.45. The van der Waals surface area contributed by atoms with E-state index in [1.165, 1.54) is 32.9 Å². The van der Waals surface area contributed by atoms with E-state index in [9.17, 15) is 0 Å². The highest BCUT2D eigenvalue weighted by Gasteiger charge is 2.11. The number of hydrogen-bond donors (Lipinski definition) is 1. The van der Waals surface area contributed by atoms with Crippen LogP contribution in [0.4, 0.5) is 11.4 Å². The summed E-state index contributed by atoms with van der Waals surface area (Å²) in [6.45, 7) is 3.82. The highest BCUT2D eigenvalue weighted by Crippen LogP contribution is 2.32. The Labute approximate surface area is 199 Å². The van der Waals surface area contributed by atoms with Crippen LogP contribution in [0.3, 0.4) is 0 Å². The van der Waals surface area contributed by atoms with Crippen LogP contribution in [0, 0.1) is 0 Å². The Morgan fingerprint density at radius 1 is 0.529 bits per heavy atom. The molecule has 5 aromatic carbocycles. The Kier molecular flexibility index (Phi) is 4.97. The molecule has 0 aliphatic heterocycles. The van der Waals surface area contributed by atoms with Gasteiger partial charge in [0.05, 0.1) is 11.0 Å². The third kappa shape index (κ3) is 3.56. The zero-order chi connectivity index (χ0) is 22.9. The van der Waals surface area contributed by atoms with Crippen LogP contribution >= 0.6 is 0 Å². The van der Waals surface area contributed by atoms with E-state index in [-0.39, 0.29) is 0 Å². The van der Waals surface area contributed by atoms with Crippen molar-refractivity contribution in [3.8, 4) is 16.8 Å². The number of para-hydroxylation sites is 2. The number of fused-ring (bicyclic) bond motifs is 3. The van der Waals surface area contributed by atoms with Crippen molar-refractivity contribution in [2.75, 3.05) is 5.32 Å². The van der Waals surface area contributed by atoms with E-state index in [0.29, 0.717) is 0 Å². The van der Waals surface area contributed by atoms with Crippen molar-refractivity contribution in [3.63, 3.8) is 0 Å². The molecule has 0 unspecified atom stereocenters. The molecule has 1 aromatic heterocycles. The Morgan fingerprint density at radius 2 is 1.00 bits per heavy atom. The molecule has 6 aromatic rings. The van der Waals surface area contributed by atoms with Gasteiger partial charge in [-0.15, -0.1) is 0 Å². The molecule has 0 amide bonds. The van der Waals surface area contributed by atoms with Crippen LogP contribution in [0.5, 0.6) is 0 Å². The molecule has 2 nitrogen and oxygen atoms in total. The zero-order valence-electron chi connectivity index (χ0n) is 18.8. The molecule has 0 aliphatic rings. The smallest absolute Gasteiger partial charge is 0.0541 e. The summed E-state index contributed by atoms with van der Waals surface area (Å²) < 4.78 is 2.33. The summed E-state index contributed by atoms with van der Waals surface area (Å²) in [5.74, 6) is 0. The number of rotatable bonds is 5. The van der Waals surface area contributed by atoms with Crippen LogP contribution in [0.2, 0.25) is 0 Å². The van der Waals surface area contributed by atoms with Crippen LogP contribution in [-0.2, 0) is 0 Å². The van der Waals surface area contributed by atoms with Gasteiger partial charge in [0.15, 0.2) is 0 Å². The number of anilines is 2. The van der Waals surface area contributed by atoms with Crippen molar-refractivity contribution in [1.82, 2.24) is 4.57 Å². The lowest BCUT2D eigenvalue weighted by Crippen LogP contribution is -1.95. The largest absolute Gasteiger partial charge is 0.356 e. The van der Waals surface area contributed by atoms with Gasteiger partial charge in [-0.1, -0.05) is 85.5 Å². The number of nitrogens with zero attached hydrogens (tertiary/aromatic N) is 1. The average Bonchev–Trinajstić information content (AvgIpc) is 3.24. The number of nitrogens with one attached hydrogen (secondary N) is 1. The van der Waals surface area contributed by atoms with Crippen LogP contribution in [0.25, 0.3) is 44.7 Å². The molecule has 0 spiro atoms. The summed E-state index contributed by atoms with van der Waals surface area (Å²) in [7, 11) is 0. The highest BCUT2D eigenvalue weighted by molar-refractivity contribution is 6.09. The highest BCUT2D eigenvalue weighted by atomic mass is 15.0. The average molecular weight is 437 g/mol. The molecule has 0 saturated carbocycles. The van der Waals surface area contributed by atoms with Crippen molar-refractivity contribution in [2.24, 2.45) is 0 Å². The lowest BCUT2D eigenvalue weighted by Gasteiger charge is -2.11. The van der Waals surface area contributed by atoms with E-state index in [4.69, 9.17) is 0 Å². The lowest BCUT2D eigenvalue weighted by atomic mass is 10.0. The van der Waals surface area contributed by atoms with E-state index in [2.05, 4.69) is 138 Å². The van der Waals surface area contributed by atoms with Crippen molar-refractivity contribution < 1.29 is 0 Å². The van der Waals surface area contributed by atoms with E-state index < -0.39 is 0 Å². The first-order valence-corrected chi connectivity index (χ1v) is 11.5. The third-order valence-electron chi connectivity index (χ3n) is 6.36. The summed E-state index contributed by atoms with van der Waals surface area (Å²) in [5, 5.41) is 6.08. The van der Waals surface area contributed by atoms with Gasteiger partial charge in [0, 0.05) is 27.8 Å². The van der Waals surface area contributed by atoms with Crippen LogP contribution in [0.1, 0.15) is 5.56 Å². The monoisotopic (exact) mass is 436 g/mol. The maximum absolute atomic E-state index is 3.82. The quantitative estimate of drug-likeness (QED) is 0.286. The van der Waals surface area contributed by atoms with E-state index in [1.807, 2.05) is 6.08 Å². The molecule has 0 atom stereocenters. The Hall–Kier alpha value is -4.56. The molecule has 0 bridgehead atoms. The van der Waals surface area contributed by atoms with Gasteiger partial charge in [-0.3, -0.25) is 0 Å². The lowest BCUT2D eigenvalue weighted by molar-refractivity contribution is 1.18. The van der Waals surface area contributed by atoms with Crippen molar-refractivity contribution in [2.45, 2.75) is 0 Å². The van der Waals surface area contributed by atoms with Gasteiger partial charge in [0.25, 0.3) is 0 Å². The molecule has 162 valence electrons. The van der Waals surface area contributed by atoms with Gasteiger partial charge < -0.3 is 9.88 Å². The topological polar surface area (TPSA) is 17.0 Å². The molecule has 0 saturated heterocycles. The summed E-state index contributed by atoms with van der Waals surface area (Å²) in [6, 6.07) is 42.8. The Bertz CT molecular complexity index is 1550. The van der Waals surface area contributed by atoms with E-state index in [0.717, 1.165) is 22.6 Å². The maximum Gasteiger partial charge on any atom is 0.0541 e. The minimum absolute atomic E-state index is 1.06. The molecular weight excluding hydrogens is 412 g/mol. The fourth-order valence-electron chi connectivity index (χ4n) is 4.62.